The summed E-state index contributed by atoms with van der Waals surface area (Å²) < 4.78 is 32.7. The largest absolute Gasteiger partial charge is 0.497 e. The maximum absolute atomic E-state index is 12.5. The average molecular weight is 426 g/mol. The van der Waals surface area contributed by atoms with Crippen molar-refractivity contribution in [1.29, 1.82) is 0 Å². The van der Waals surface area contributed by atoms with E-state index in [2.05, 4.69) is 4.72 Å². The van der Waals surface area contributed by atoms with E-state index in [1.807, 2.05) is 48.5 Å². The number of methoxy groups -OCH3 is 1. The summed E-state index contributed by atoms with van der Waals surface area (Å²) in [5.41, 5.74) is 3.61. The molecule has 0 aliphatic carbocycles. The highest BCUT2D eigenvalue weighted by Crippen LogP contribution is 2.23. The fraction of sp³-hybridized carbons (Fsp3) is 0.174. The van der Waals surface area contributed by atoms with Crippen LogP contribution < -0.4 is 9.46 Å². The zero-order valence-electron chi connectivity index (χ0n) is 16.8. The van der Waals surface area contributed by atoms with Crippen molar-refractivity contribution in [3.63, 3.8) is 0 Å². The summed E-state index contributed by atoms with van der Waals surface area (Å²) in [5.74, 6) is -0.354. The van der Waals surface area contributed by atoms with Gasteiger partial charge in [0.25, 0.3) is 0 Å². The van der Waals surface area contributed by atoms with Crippen LogP contribution in [0.15, 0.2) is 71.6 Å². The highest BCUT2D eigenvalue weighted by molar-refractivity contribution is 7.89. The Morgan fingerprint density at radius 1 is 0.967 bits per heavy atom. The lowest BCUT2D eigenvalue weighted by Gasteiger charge is -2.09. The summed E-state index contributed by atoms with van der Waals surface area (Å²) in [6, 6.07) is 19.8. The Morgan fingerprint density at radius 2 is 1.57 bits per heavy atom. The second-order valence-electron chi connectivity index (χ2n) is 6.86. The van der Waals surface area contributed by atoms with Gasteiger partial charge in [-0.15, -0.1) is 0 Å². The van der Waals surface area contributed by atoms with Gasteiger partial charge in [0, 0.05) is 6.54 Å². The average Bonchev–Trinajstić information content (AvgIpc) is 2.74. The van der Waals surface area contributed by atoms with E-state index in [0.29, 0.717) is 12.0 Å². The molecule has 0 saturated heterocycles. The standard InChI is InChI=1S/C23H23NO5S/c1-16-3-12-21(15-22(16)23(25)26)30(27,28)24-14-13-17-4-6-18(7-5-17)19-8-10-20(29-2)11-9-19/h3-12,15,24H,13-14H2,1-2H3,(H,25,26). The molecular weight excluding hydrogens is 402 g/mol. The van der Waals surface area contributed by atoms with Crippen molar-refractivity contribution in [2.24, 2.45) is 0 Å². The number of aryl methyl sites for hydroxylation is 1. The van der Waals surface area contributed by atoms with Gasteiger partial charge < -0.3 is 9.84 Å². The minimum absolute atomic E-state index is 0.0213. The van der Waals surface area contributed by atoms with E-state index in [9.17, 15) is 18.3 Å². The molecule has 156 valence electrons. The molecule has 0 aliphatic heterocycles. The zero-order valence-corrected chi connectivity index (χ0v) is 17.6. The molecule has 0 heterocycles. The number of rotatable bonds is 8. The van der Waals surface area contributed by atoms with Gasteiger partial charge in [-0.25, -0.2) is 17.9 Å². The van der Waals surface area contributed by atoms with Crippen LogP contribution in [0.4, 0.5) is 0 Å². The van der Waals surface area contributed by atoms with Gasteiger partial charge in [0.2, 0.25) is 10.0 Å². The van der Waals surface area contributed by atoms with Crippen LogP contribution in [0.5, 0.6) is 5.75 Å². The molecule has 2 N–H and O–H groups in total. The first kappa shape index (κ1) is 21.5. The van der Waals surface area contributed by atoms with E-state index in [0.717, 1.165) is 22.4 Å². The summed E-state index contributed by atoms with van der Waals surface area (Å²) in [5, 5.41) is 9.19. The monoisotopic (exact) mass is 425 g/mol. The Kier molecular flexibility index (Phi) is 6.54. The lowest BCUT2D eigenvalue weighted by Crippen LogP contribution is -2.26. The summed E-state index contributed by atoms with van der Waals surface area (Å²) in [7, 11) is -2.16. The Labute approximate surface area is 176 Å². The predicted molar refractivity (Wildman–Crippen MR) is 115 cm³/mol. The van der Waals surface area contributed by atoms with E-state index in [1.54, 1.807) is 14.0 Å². The Balaban J connectivity index is 1.63. The lowest BCUT2D eigenvalue weighted by atomic mass is 10.0. The first-order valence-electron chi connectivity index (χ1n) is 9.37. The lowest BCUT2D eigenvalue weighted by molar-refractivity contribution is 0.0696. The Hall–Kier alpha value is -3.16. The van der Waals surface area contributed by atoms with E-state index in [-0.39, 0.29) is 17.0 Å². The molecule has 0 unspecified atom stereocenters. The molecule has 30 heavy (non-hydrogen) atoms. The van der Waals surface area contributed by atoms with Gasteiger partial charge >= 0.3 is 5.97 Å². The number of carboxylic acids is 1. The van der Waals surface area contributed by atoms with Crippen LogP contribution in [0.3, 0.4) is 0 Å². The molecule has 7 heteroatoms. The number of aromatic carboxylic acids is 1. The highest BCUT2D eigenvalue weighted by Gasteiger charge is 2.17. The van der Waals surface area contributed by atoms with Crippen LogP contribution in [-0.4, -0.2) is 33.1 Å². The number of carboxylic acid groups (broad SMARTS) is 1. The summed E-state index contributed by atoms with van der Waals surface area (Å²) in [6.07, 6.45) is 0.514. The van der Waals surface area contributed by atoms with Gasteiger partial charge in [-0.1, -0.05) is 42.5 Å². The second-order valence-corrected chi connectivity index (χ2v) is 8.62. The summed E-state index contributed by atoms with van der Waals surface area (Å²) in [6.45, 7) is 1.84. The first-order valence-corrected chi connectivity index (χ1v) is 10.9. The van der Waals surface area contributed by atoms with Crippen LogP contribution in [0, 0.1) is 6.92 Å². The first-order chi connectivity index (χ1) is 14.3. The van der Waals surface area contributed by atoms with Crippen LogP contribution in [0.1, 0.15) is 21.5 Å². The van der Waals surface area contributed by atoms with Crippen molar-refractivity contribution in [3.8, 4) is 16.9 Å². The molecular formula is C23H23NO5S. The molecule has 0 radical (unpaired) electrons. The zero-order chi connectivity index (χ0) is 21.7. The molecule has 0 aromatic heterocycles. The molecule has 0 aliphatic rings. The molecule has 3 aromatic carbocycles. The minimum Gasteiger partial charge on any atom is -0.497 e. The molecule has 6 nitrogen and oxygen atoms in total. The Morgan fingerprint density at radius 3 is 2.13 bits per heavy atom. The number of ether oxygens (including phenoxy) is 1. The number of sulfonamides is 1. The number of benzene rings is 3. The van der Waals surface area contributed by atoms with Crippen molar-refractivity contribution in [1.82, 2.24) is 4.72 Å². The normalized spacial score (nSPS) is 11.3. The number of carbonyl (C=O) groups is 1. The number of nitrogens with one attached hydrogen (secondary N) is 1. The van der Waals surface area contributed by atoms with Gasteiger partial charge in [-0.3, -0.25) is 0 Å². The van der Waals surface area contributed by atoms with Gasteiger partial charge in [-0.05, 0) is 59.9 Å². The SMILES string of the molecule is COc1ccc(-c2ccc(CCNS(=O)(=O)c3ccc(C)c(C(=O)O)c3)cc2)cc1. The third-order valence-electron chi connectivity index (χ3n) is 4.83. The smallest absolute Gasteiger partial charge is 0.335 e. The van der Waals surface area contributed by atoms with E-state index >= 15 is 0 Å². The fourth-order valence-electron chi connectivity index (χ4n) is 3.06. The van der Waals surface area contributed by atoms with Crippen LogP contribution >= 0.6 is 0 Å². The number of hydrogen-bond donors (Lipinski definition) is 2. The topological polar surface area (TPSA) is 92.7 Å². The van der Waals surface area contributed by atoms with Gasteiger partial charge in [0.15, 0.2) is 0 Å². The second kappa shape index (κ2) is 9.11. The van der Waals surface area contributed by atoms with Crippen LogP contribution in [0.2, 0.25) is 0 Å². The molecule has 0 fully saturated rings. The van der Waals surface area contributed by atoms with Crippen molar-refractivity contribution >= 4 is 16.0 Å². The molecule has 0 bridgehead atoms. The fourth-order valence-corrected chi connectivity index (χ4v) is 4.12. The minimum atomic E-state index is -3.79. The van der Waals surface area contributed by atoms with Crippen molar-refractivity contribution in [2.75, 3.05) is 13.7 Å². The number of hydrogen-bond acceptors (Lipinski definition) is 4. The molecule has 3 rings (SSSR count). The highest BCUT2D eigenvalue weighted by atomic mass is 32.2. The van der Waals surface area contributed by atoms with E-state index < -0.39 is 16.0 Å². The van der Waals surface area contributed by atoms with Crippen molar-refractivity contribution in [3.05, 3.63) is 83.4 Å². The van der Waals surface area contributed by atoms with Crippen LogP contribution in [-0.2, 0) is 16.4 Å². The Bertz CT molecular complexity index is 1140. The van der Waals surface area contributed by atoms with Gasteiger partial charge in [0.05, 0.1) is 17.6 Å². The summed E-state index contributed by atoms with van der Waals surface area (Å²) >= 11 is 0. The van der Waals surface area contributed by atoms with Crippen molar-refractivity contribution < 1.29 is 23.1 Å². The molecule has 0 saturated carbocycles. The molecule has 0 amide bonds. The maximum atomic E-state index is 12.5. The third kappa shape index (κ3) is 5.06. The van der Waals surface area contributed by atoms with E-state index in [1.165, 1.54) is 18.2 Å². The maximum Gasteiger partial charge on any atom is 0.335 e. The van der Waals surface area contributed by atoms with E-state index in [4.69, 9.17) is 4.74 Å². The van der Waals surface area contributed by atoms with Crippen LogP contribution in [0.25, 0.3) is 11.1 Å². The molecule has 3 aromatic rings. The van der Waals surface area contributed by atoms with Gasteiger partial charge in [-0.2, -0.15) is 0 Å². The quantitative estimate of drug-likeness (QED) is 0.571. The molecule has 0 spiro atoms. The predicted octanol–water partition coefficient (Wildman–Crippen LogP) is 3.89. The van der Waals surface area contributed by atoms with Crippen molar-refractivity contribution in [2.45, 2.75) is 18.2 Å². The third-order valence-corrected chi connectivity index (χ3v) is 6.29. The summed E-state index contributed by atoms with van der Waals surface area (Å²) in [4.78, 5) is 11.2. The van der Waals surface area contributed by atoms with Gasteiger partial charge in [0.1, 0.15) is 5.75 Å². The molecule has 0 atom stereocenters.